The SMILES string of the molecule is Cc1nc(N2CCN(C)CC2)cc(N2CCN(C(=O)C3CCCO3)CC2)n1. The van der Waals surface area contributed by atoms with Crippen molar-refractivity contribution in [1.82, 2.24) is 19.8 Å². The third-order valence-electron chi connectivity index (χ3n) is 5.76. The molecule has 1 aromatic rings. The molecule has 1 unspecified atom stereocenters. The molecule has 0 bridgehead atoms. The number of carbonyl (C=O) groups excluding carboxylic acids is 1. The third-order valence-corrected chi connectivity index (χ3v) is 5.76. The molecule has 0 saturated carbocycles. The summed E-state index contributed by atoms with van der Waals surface area (Å²) in [5.74, 6) is 2.95. The summed E-state index contributed by atoms with van der Waals surface area (Å²) < 4.78 is 5.55. The first-order valence-corrected chi connectivity index (χ1v) is 10.0. The van der Waals surface area contributed by atoms with Gasteiger partial charge >= 0.3 is 0 Å². The number of carbonyl (C=O) groups is 1. The van der Waals surface area contributed by atoms with E-state index in [4.69, 9.17) is 4.74 Å². The van der Waals surface area contributed by atoms with Gasteiger partial charge in [-0.15, -0.1) is 0 Å². The molecule has 4 heterocycles. The van der Waals surface area contributed by atoms with E-state index in [9.17, 15) is 4.79 Å². The van der Waals surface area contributed by atoms with Crippen LogP contribution in [0.25, 0.3) is 0 Å². The highest BCUT2D eigenvalue weighted by atomic mass is 16.5. The van der Waals surface area contributed by atoms with E-state index in [1.165, 1.54) is 0 Å². The molecule has 1 aromatic heterocycles. The Morgan fingerprint density at radius 2 is 1.59 bits per heavy atom. The highest BCUT2D eigenvalue weighted by molar-refractivity contribution is 5.81. The van der Waals surface area contributed by atoms with E-state index in [0.717, 1.165) is 82.7 Å². The van der Waals surface area contributed by atoms with Gasteiger partial charge in [0.25, 0.3) is 5.91 Å². The average Bonchev–Trinajstić information content (AvgIpc) is 3.22. The second-order valence-corrected chi connectivity index (χ2v) is 7.74. The molecule has 3 saturated heterocycles. The second kappa shape index (κ2) is 7.98. The Kier molecular flexibility index (Phi) is 5.45. The lowest BCUT2D eigenvalue weighted by molar-refractivity contribution is -0.141. The van der Waals surface area contributed by atoms with Crippen molar-refractivity contribution in [1.29, 1.82) is 0 Å². The molecule has 8 nitrogen and oxygen atoms in total. The lowest BCUT2D eigenvalue weighted by Crippen LogP contribution is -2.51. The normalized spacial score (nSPS) is 24.5. The van der Waals surface area contributed by atoms with Crippen LogP contribution in [0, 0.1) is 6.92 Å². The van der Waals surface area contributed by atoms with Crippen LogP contribution < -0.4 is 9.80 Å². The molecule has 27 heavy (non-hydrogen) atoms. The summed E-state index contributed by atoms with van der Waals surface area (Å²) in [6, 6.07) is 2.11. The first-order valence-electron chi connectivity index (χ1n) is 10.0. The first-order chi connectivity index (χ1) is 13.1. The van der Waals surface area contributed by atoms with E-state index in [1.54, 1.807) is 0 Å². The third kappa shape index (κ3) is 4.16. The van der Waals surface area contributed by atoms with Gasteiger partial charge in [-0.2, -0.15) is 0 Å². The van der Waals surface area contributed by atoms with E-state index in [-0.39, 0.29) is 12.0 Å². The van der Waals surface area contributed by atoms with Gasteiger partial charge in [0.05, 0.1) is 0 Å². The summed E-state index contributed by atoms with van der Waals surface area (Å²) in [4.78, 5) is 30.8. The Morgan fingerprint density at radius 1 is 1.00 bits per heavy atom. The average molecular weight is 374 g/mol. The Bertz CT molecular complexity index is 662. The monoisotopic (exact) mass is 374 g/mol. The summed E-state index contributed by atoms with van der Waals surface area (Å²) in [5, 5.41) is 0. The summed E-state index contributed by atoms with van der Waals surface area (Å²) in [6.07, 6.45) is 1.63. The minimum atomic E-state index is -0.221. The van der Waals surface area contributed by atoms with Crippen LogP contribution in [-0.4, -0.2) is 97.8 Å². The topological polar surface area (TPSA) is 65.0 Å². The van der Waals surface area contributed by atoms with Crippen LogP contribution in [0.3, 0.4) is 0 Å². The number of piperazine rings is 2. The Hall–Kier alpha value is -1.93. The van der Waals surface area contributed by atoms with E-state index in [2.05, 4.69) is 37.8 Å². The minimum absolute atomic E-state index is 0.157. The predicted molar refractivity (Wildman–Crippen MR) is 104 cm³/mol. The molecule has 8 heteroatoms. The lowest BCUT2D eigenvalue weighted by atomic mass is 10.2. The summed E-state index contributed by atoms with van der Waals surface area (Å²) in [5.41, 5.74) is 0. The number of nitrogens with zero attached hydrogens (tertiary/aromatic N) is 6. The van der Waals surface area contributed by atoms with E-state index in [0.29, 0.717) is 6.61 Å². The van der Waals surface area contributed by atoms with Gasteiger partial charge in [-0.1, -0.05) is 0 Å². The number of hydrogen-bond donors (Lipinski definition) is 0. The molecular formula is C19H30N6O2. The van der Waals surface area contributed by atoms with Crippen LogP contribution in [-0.2, 0) is 9.53 Å². The van der Waals surface area contributed by atoms with Gasteiger partial charge in [0.1, 0.15) is 23.6 Å². The number of amides is 1. The molecule has 0 radical (unpaired) electrons. The van der Waals surface area contributed by atoms with Crippen LogP contribution in [0.2, 0.25) is 0 Å². The number of aryl methyl sites for hydroxylation is 1. The van der Waals surface area contributed by atoms with E-state index >= 15 is 0 Å². The molecule has 0 aliphatic carbocycles. The summed E-state index contributed by atoms with van der Waals surface area (Å²) >= 11 is 0. The van der Waals surface area contributed by atoms with Crippen molar-refractivity contribution >= 4 is 17.5 Å². The van der Waals surface area contributed by atoms with E-state index in [1.807, 2.05) is 11.8 Å². The van der Waals surface area contributed by atoms with Crippen molar-refractivity contribution in [3.63, 3.8) is 0 Å². The molecule has 4 rings (SSSR count). The first kappa shape index (κ1) is 18.4. The van der Waals surface area contributed by atoms with Gasteiger partial charge in [0.15, 0.2) is 0 Å². The van der Waals surface area contributed by atoms with Crippen molar-refractivity contribution in [2.75, 3.05) is 75.8 Å². The highest BCUT2D eigenvalue weighted by Gasteiger charge is 2.30. The Balaban J connectivity index is 1.40. The maximum atomic E-state index is 12.5. The molecule has 148 valence electrons. The molecule has 1 amide bonds. The Labute approximate surface area is 161 Å². The maximum absolute atomic E-state index is 12.5. The van der Waals surface area contributed by atoms with Crippen LogP contribution in [0.15, 0.2) is 6.07 Å². The van der Waals surface area contributed by atoms with Crippen LogP contribution >= 0.6 is 0 Å². The van der Waals surface area contributed by atoms with Gasteiger partial charge in [-0.05, 0) is 26.8 Å². The maximum Gasteiger partial charge on any atom is 0.251 e. The van der Waals surface area contributed by atoms with Crippen molar-refractivity contribution in [2.45, 2.75) is 25.9 Å². The molecule has 1 atom stereocenters. The fourth-order valence-electron chi connectivity index (χ4n) is 4.03. The molecule has 0 spiro atoms. The van der Waals surface area contributed by atoms with Crippen LogP contribution in [0.5, 0.6) is 0 Å². The lowest BCUT2D eigenvalue weighted by Gasteiger charge is -2.37. The van der Waals surface area contributed by atoms with Crippen molar-refractivity contribution in [3.8, 4) is 0 Å². The predicted octanol–water partition coefficient (Wildman–Crippen LogP) is 0.364. The van der Waals surface area contributed by atoms with Crippen LogP contribution in [0.1, 0.15) is 18.7 Å². The fourth-order valence-corrected chi connectivity index (χ4v) is 4.03. The molecule has 3 aliphatic rings. The van der Waals surface area contributed by atoms with Crippen molar-refractivity contribution < 1.29 is 9.53 Å². The summed E-state index contributed by atoms with van der Waals surface area (Å²) in [7, 11) is 2.16. The van der Waals surface area contributed by atoms with Gasteiger partial charge in [0.2, 0.25) is 0 Å². The highest BCUT2D eigenvalue weighted by Crippen LogP contribution is 2.22. The number of rotatable bonds is 3. The van der Waals surface area contributed by atoms with Crippen molar-refractivity contribution in [3.05, 3.63) is 11.9 Å². The zero-order valence-electron chi connectivity index (χ0n) is 16.4. The molecule has 0 N–H and O–H groups in total. The fraction of sp³-hybridized carbons (Fsp3) is 0.737. The number of ether oxygens (including phenoxy) is 1. The zero-order valence-corrected chi connectivity index (χ0v) is 16.4. The minimum Gasteiger partial charge on any atom is -0.368 e. The van der Waals surface area contributed by atoms with Crippen molar-refractivity contribution in [2.24, 2.45) is 0 Å². The number of likely N-dealkylation sites (N-methyl/N-ethyl adjacent to an activating group) is 1. The smallest absolute Gasteiger partial charge is 0.251 e. The summed E-state index contributed by atoms with van der Waals surface area (Å²) in [6.45, 7) is 9.84. The largest absolute Gasteiger partial charge is 0.368 e. The second-order valence-electron chi connectivity index (χ2n) is 7.74. The van der Waals surface area contributed by atoms with Gasteiger partial charge in [0, 0.05) is 65.0 Å². The van der Waals surface area contributed by atoms with Gasteiger partial charge in [-0.3, -0.25) is 4.79 Å². The van der Waals surface area contributed by atoms with E-state index < -0.39 is 0 Å². The van der Waals surface area contributed by atoms with Crippen LogP contribution in [0.4, 0.5) is 11.6 Å². The molecule has 3 aliphatic heterocycles. The van der Waals surface area contributed by atoms with Gasteiger partial charge < -0.3 is 24.3 Å². The molecule has 0 aromatic carbocycles. The standard InChI is InChI=1S/C19H30N6O2/c1-15-20-17(23-7-5-22(2)6-8-23)14-18(21-15)24-9-11-25(12-10-24)19(26)16-4-3-13-27-16/h14,16H,3-13H2,1-2H3. The number of anilines is 2. The number of hydrogen-bond acceptors (Lipinski definition) is 7. The quantitative estimate of drug-likeness (QED) is 0.757. The van der Waals surface area contributed by atoms with Gasteiger partial charge in [-0.25, -0.2) is 9.97 Å². The Morgan fingerprint density at radius 3 is 2.15 bits per heavy atom. The molecular weight excluding hydrogens is 344 g/mol. The molecule has 3 fully saturated rings. The number of aromatic nitrogens is 2. The zero-order chi connectivity index (χ0) is 18.8.